The standard InChI is InChI=1S/C16H28N4O2/c1-5-19(11-15(21)22)14-6-13(7-14)17-8-12-9-18-20(10-12)16(2,3)4/h9-10,13-14,17H,5-8,11H2,1-4H3,(H,21,22). The lowest BCUT2D eigenvalue weighted by molar-refractivity contribution is -0.139. The van der Waals surface area contributed by atoms with Crippen LogP contribution >= 0.6 is 0 Å². The summed E-state index contributed by atoms with van der Waals surface area (Å²) in [6, 6.07) is 0.877. The van der Waals surface area contributed by atoms with E-state index in [1.54, 1.807) is 0 Å². The van der Waals surface area contributed by atoms with Gasteiger partial charge >= 0.3 is 5.97 Å². The highest BCUT2D eigenvalue weighted by atomic mass is 16.4. The third kappa shape index (κ3) is 4.30. The van der Waals surface area contributed by atoms with Crippen molar-refractivity contribution in [3.63, 3.8) is 0 Å². The van der Waals surface area contributed by atoms with Gasteiger partial charge in [0.05, 0.1) is 18.3 Å². The van der Waals surface area contributed by atoms with Gasteiger partial charge in [0.1, 0.15) is 0 Å². The SMILES string of the molecule is CCN(CC(=O)O)C1CC(NCc2cnn(C(C)(C)C)c2)C1. The maximum Gasteiger partial charge on any atom is 0.317 e. The lowest BCUT2D eigenvalue weighted by atomic mass is 9.85. The Kier molecular flexibility index (Phi) is 5.24. The zero-order chi connectivity index (χ0) is 16.3. The van der Waals surface area contributed by atoms with Gasteiger partial charge in [0.25, 0.3) is 0 Å². The molecule has 1 aliphatic rings. The van der Waals surface area contributed by atoms with Crippen LogP contribution in [-0.4, -0.2) is 50.9 Å². The molecule has 0 amide bonds. The summed E-state index contributed by atoms with van der Waals surface area (Å²) in [6.45, 7) is 10.2. The van der Waals surface area contributed by atoms with Crippen LogP contribution in [0.4, 0.5) is 0 Å². The van der Waals surface area contributed by atoms with Gasteiger partial charge in [0.15, 0.2) is 0 Å². The average molecular weight is 308 g/mol. The molecule has 1 aromatic rings. The molecule has 0 saturated heterocycles. The molecule has 0 unspecified atom stereocenters. The van der Waals surface area contributed by atoms with Gasteiger partial charge in [0, 0.05) is 30.4 Å². The second-order valence-corrected chi connectivity index (χ2v) is 7.12. The first-order valence-corrected chi connectivity index (χ1v) is 8.03. The molecule has 1 fully saturated rings. The largest absolute Gasteiger partial charge is 0.480 e. The van der Waals surface area contributed by atoms with Crippen molar-refractivity contribution in [3.8, 4) is 0 Å². The number of rotatable bonds is 7. The molecule has 1 aliphatic carbocycles. The van der Waals surface area contributed by atoms with Gasteiger partial charge in [-0.1, -0.05) is 6.92 Å². The minimum Gasteiger partial charge on any atom is -0.480 e. The van der Waals surface area contributed by atoms with Crippen molar-refractivity contribution in [2.24, 2.45) is 0 Å². The Labute approximate surface area is 132 Å². The van der Waals surface area contributed by atoms with Crippen LogP contribution in [0.2, 0.25) is 0 Å². The highest BCUT2D eigenvalue weighted by Gasteiger charge is 2.33. The number of likely N-dealkylation sites (N-methyl/N-ethyl adjacent to an activating group) is 1. The van der Waals surface area contributed by atoms with Gasteiger partial charge in [-0.25, -0.2) is 0 Å². The second-order valence-electron chi connectivity index (χ2n) is 7.12. The Morgan fingerprint density at radius 2 is 2.18 bits per heavy atom. The van der Waals surface area contributed by atoms with Crippen molar-refractivity contribution >= 4 is 5.97 Å². The molecule has 0 atom stereocenters. The molecular formula is C16H28N4O2. The number of carboxylic acid groups (broad SMARTS) is 1. The zero-order valence-electron chi connectivity index (χ0n) is 14.0. The normalized spacial score (nSPS) is 21.9. The van der Waals surface area contributed by atoms with E-state index in [-0.39, 0.29) is 12.1 Å². The summed E-state index contributed by atoms with van der Waals surface area (Å²) in [7, 11) is 0. The van der Waals surface area contributed by atoms with E-state index in [9.17, 15) is 4.79 Å². The van der Waals surface area contributed by atoms with Gasteiger partial charge < -0.3 is 10.4 Å². The first-order chi connectivity index (χ1) is 10.3. The number of carbonyl (C=O) groups is 1. The highest BCUT2D eigenvalue weighted by molar-refractivity contribution is 5.69. The first kappa shape index (κ1) is 17.0. The summed E-state index contributed by atoms with van der Waals surface area (Å²) in [5.41, 5.74) is 1.20. The van der Waals surface area contributed by atoms with Crippen LogP contribution in [0.25, 0.3) is 0 Å². The van der Waals surface area contributed by atoms with Crippen LogP contribution < -0.4 is 5.32 Å². The van der Waals surface area contributed by atoms with Crippen LogP contribution in [0, 0.1) is 0 Å². The minimum atomic E-state index is -0.743. The summed E-state index contributed by atoms with van der Waals surface area (Å²) in [6.07, 6.45) is 6.05. The molecule has 124 valence electrons. The van der Waals surface area contributed by atoms with E-state index < -0.39 is 5.97 Å². The number of hydrogen-bond acceptors (Lipinski definition) is 4. The van der Waals surface area contributed by atoms with Crippen LogP contribution in [-0.2, 0) is 16.9 Å². The van der Waals surface area contributed by atoms with Crippen molar-refractivity contribution in [1.29, 1.82) is 0 Å². The summed E-state index contributed by atoms with van der Waals surface area (Å²) in [5, 5.41) is 16.8. The molecule has 0 spiro atoms. The lowest BCUT2D eigenvalue weighted by Gasteiger charge is -2.42. The molecule has 22 heavy (non-hydrogen) atoms. The number of hydrogen-bond donors (Lipinski definition) is 2. The maximum absolute atomic E-state index is 10.8. The van der Waals surface area contributed by atoms with Gasteiger partial charge in [-0.05, 0) is 40.2 Å². The van der Waals surface area contributed by atoms with Gasteiger partial charge in [0.2, 0.25) is 0 Å². The smallest absolute Gasteiger partial charge is 0.317 e. The van der Waals surface area contributed by atoms with Crippen molar-refractivity contribution in [2.75, 3.05) is 13.1 Å². The van der Waals surface area contributed by atoms with Crippen LogP contribution in [0.15, 0.2) is 12.4 Å². The highest BCUT2D eigenvalue weighted by Crippen LogP contribution is 2.26. The fraction of sp³-hybridized carbons (Fsp3) is 0.750. The van der Waals surface area contributed by atoms with Crippen LogP contribution in [0.1, 0.15) is 46.1 Å². The molecule has 0 aliphatic heterocycles. The quantitative estimate of drug-likeness (QED) is 0.802. The molecule has 0 bridgehead atoms. The Morgan fingerprint density at radius 1 is 1.50 bits per heavy atom. The molecule has 2 rings (SSSR count). The number of nitrogens with zero attached hydrogens (tertiary/aromatic N) is 3. The fourth-order valence-corrected chi connectivity index (χ4v) is 2.81. The molecule has 1 aromatic heterocycles. The van der Waals surface area contributed by atoms with E-state index in [1.807, 2.05) is 22.7 Å². The van der Waals surface area contributed by atoms with Crippen molar-refractivity contribution in [3.05, 3.63) is 18.0 Å². The monoisotopic (exact) mass is 308 g/mol. The Bertz CT molecular complexity index is 500. The van der Waals surface area contributed by atoms with E-state index in [0.29, 0.717) is 12.1 Å². The van der Waals surface area contributed by atoms with E-state index in [1.165, 1.54) is 5.56 Å². The van der Waals surface area contributed by atoms with Crippen LogP contribution in [0.5, 0.6) is 0 Å². The molecule has 1 saturated carbocycles. The molecule has 2 N–H and O–H groups in total. The van der Waals surface area contributed by atoms with Gasteiger partial charge in [-0.3, -0.25) is 14.4 Å². The van der Waals surface area contributed by atoms with E-state index in [2.05, 4.69) is 37.4 Å². The topological polar surface area (TPSA) is 70.4 Å². The molecule has 1 heterocycles. The molecule has 6 heteroatoms. The zero-order valence-corrected chi connectivity index (χ0v) is 14.0. The average Bonchev–Trinajstić information content (AvgIpc) is 2.83. The number of carboxylic acids is 1. The Morgan fingerprint density at radius 3 is 2.68 bits per heavy atom. The third-order valence-electron chi connectivity index (χ3n) is 4.29. The van der Waals surface area contributed by atoms with E-state index in [4.69, 9.17) is 5.11 Å². The number of nitrogens with one attached hydrogen (secondary N) is 1. The fourth-order valence-electron chi connectivity index (χ4n) is 2.81. The second kappa shape index (κ2) is 6.79. The number of aliphatic carboxylic acids is 1. The first-order valence-electron chi connectivity index (χ1n) is 8.03. The van der Waals surface area contributed by atoms with Crippen molar-refractivity contribution in [1.82, 2.24) is 20.0 Å². The maximum atomic E-state index is 10.8. The molecular weight excluding hydrogens is 280 g/mol. The summed E-state index contributed by atoms with van der Waals surface area (Å²) in [5.74, 6) is -0.743. The van der Waals surface area contributed by atoms with E-state index in [0.717, 1.165) is 25.9 Å². The molecule has 6 nitrogen and oxygen atoms in total. The Hall–Kier alpha value is -1.40. The van der Waals surface area contributed by atoms with Gasteiger partial charge in [-0.2, -0.15) is 5.10 Å². The van der Waals surface area contributed by atoms with Crippen LogP contribution in [0.3, 0.4) is 0 Å². The summed E-state index contributed by atoms with van der Waals surface area (Å²) in [4.78, 5) is 12.9. The third-order valence-corrected chi connectivity index (χ3v) is 4.29. The summed E-state index contributed by atoms with van der Waals surface area (Å²) < 4.78 is 1.99. The molecule has 0 radical (unpaired) electrons. The predicted octanol–water partition coefficient (Wildman–Crippen LogP) is 1.67. The van der Waals surface area contributed by atoms with Gasteiger partial charge in [-0.15, -0.1) is 0 Å². The summed E-state index contributed by atoms with van der Waals surface area (Å²) >= 11 is 0. The van der Waals surface area contributed by atoms with Crippen molar-refractivity contribution < 1.29 is 9.90 Å². The minimum absolute atomic E-state index is 0.0122. The molecule has 0 aromatic carbocycles. The van der Waals surface area contributed by atoms with E-state index >= 15 is 0 Å². The van der Waals surface area contributed by atoms with Crippen molar-refractivity contribution in [2.45, 2.75) is 64.7 Å². The Balaban J connectivity index is 1.74. The predicted molar refractivity (Wildman–Crippen MR) is 85.8 cm³/mol. The lowest BCUT2D eigenvalue weighted by Crippen LogP contribution is -2.53. The number of aromatic nitrogens is 2.